The van der Waals surface area contributed by atoms with Crippen LogP contribution in [0, 0.1) is 11.3 Å². The van der Waals surface area contributed by atoms with E-state index in [0.717, 1.165) is 6.20 Å². The van der Waals surface area contributed by atoms with Gasteiger partial charge in [-0.3, -0.25) is 4.79 Å². The minimum Gasteiger partial charge on any atom is -0.403 e. The van der Waals surface area contributed by atoms with Crippen LogP contribution in [0.2, 0.25) is 0 Å². The number of nitrogens with one attached hydrogen (secondary N) is 2. The summed E-state index contributed by atoms with van der Waals surface area (Å²) in [7, 11) is 0. The highest BCUT2D eigenvalue weighted by Gasteiger charge is 2.09. The number of fused-ring (bicyclic) bond motifs is 1. The molecular formula is C11H9FN4O. The first-order valence-corrected chi connectivity index (χ1v) is 4.78. The van der Waals surface area contributed by atoms with E-state index in [1.807, 2.05) is 0 Å². The number of nitrogens with two attached hydrogens (primary N) is 1. The number of halogens is 1. The SMILES string of the molecule is N=N/C(=C\N)c1cc2cccc(F)c2[nH]c1=O. The first-order valence-electron chi connectivity index (χ1n) is 4.78. The maximum Gasteiger partial charge on any atom is 0.258 e. The van der Waals surface area contributed by atoms with Crippen LogP contribution in [0.25, 0.3) is 16.6 Å². The van der Waals surface area contributed by atoms with Crippen LogP contribution >= 0.6 is 0 Å². The molecule has 0 amide bonds. The van der Waals surface area contributed by atoms with E-state index < -0.39 is 11.4 Å². The van der Waals surface area contributed by atoms with Gasteiger partial charge in [0, 0.05) is 11.6 Å². The van der Waals surface area contributed by atoms with Crippen LogP contribution < -0.4 is 11.3 Å². The Bertz CT molecular complexity index is 675. The zero-order valence-corrected chi connectivity index (χ0v) is 8.70. The van der Waals surface area contributed by atoms with Crippen LogP contribution in [-0.4, -0.2) is 4.98 Å². The molecule has 0 unspecified atom stereocenters. The molecule has 6 heteroatoms. The van der Waals surface area contributed by atoms with Crippen molar-refractivity contribution in [1.82, 2.24) is 4.98 Å². The topological polar surface area (TPSA) is 95.1 Å². The van der Waals surface area contributed by atoms with E-state index in [2.05, 4.69) is 10.1 Å². The lowest BCUT2D eigenvalue weighted by Crippen LogP contribution is -2.12. The zero-order chi connectivity index (χ0) is 12.4. The van der Waals surface area contributed by atoms with Crippen molar-refractivity contribution < 1.29 is 4.39 Å². The Morgan fingerprint density at radius 1 is 1.53 bits per heavy atom. The number of H-pyrrole nitrogens is 1. The number of benzene rings is 1. The highest BCUT2D eigenvalue weighted by molar-refractivity contribution is 5.82. The average Bonchev–Trinajstić information content (AvgIpc) is 2.33. The third-order valence-electron chi connectivity index (χ3n) is 2.38. The second-order valence-electron chi connectivity index (χ2n) is 3.38. The van der Waals surface area contributed by atoms with Gasteiger partial charge in [-0.15, -0.1) is 0 Å². The number of pyridine rings is 1. The van der Waals surface area contributed by atoms with Gasteiger partial charge in [-0.1, -0.05) is 12.1 Å². The van der Waals surface area contributed by atoms with E-state index in [0.29, 0.717) is 5.39 Å². The molecule has 0 saturated carbocycles. The molecule has 0 bridgehead atoms. The van der Waals surface area contributed by atoms with Gasteiger partial charge in [0.15, 0.2) is 0 Å². The molecule has 0 fully saturated rings. The molecule has 0 radical (unpaired) electrons. The number of nitrogens with zero attached hydrogens (tertiary/aromatic N) is 1. The Balaban J connectivity index is 2.81. The van der Waals surface area contributed by atoms with Crippen LogP contribution in [0.4, 0.5) is 4.39 Å². The second-order valence-corrected chi connectivity index (χ2v) is 3.38. The van der Waals surface area contributed by atoms with E-state index >= 15 is 0 Å². The Morgan fingerprint density at radius 3 is 2.94 bits per heavy atom. The van der Waals surface area contributed by atoms with Crippen LogP contribution in [-0.2, 0) is 0 Å². The van der Waals surface area contributed by atoms with E-state index in [-0.39, 0.29) is 16.8 Å². The molecule has 1 aromatic carbocycles. The summed E-state index contributed by atoms with van der Waals surface area (Å²) in [5, 5.41) is 3.66. The Morgan fingerprint density at radius 2 is 2.29 bits per heavy atom. The molecule has 1 heterocycles. The number of hydrogen-bond donors (Lipinski definition) is 3. The fourth-order valence-corrected chi connectivity index (χ4v) is 1.57. The minimum atomic E-state index is -0.532. The van der Waals surface area contributed by atoms with Crippen LogP contribution in [0.1, 0.15) is 5.56 Å². The highest BCUT2D eigenvalue weighted by Crippen LogP contribution is 2.18. The van der Waals surface area contributed by atoms with Crippen molar-refractivity contribution in [3.63, 3.8) is 0 Å². The van der Waals surface area contributed by atoms with Crippen molar-refractivity contribution in [2.75, 3.05) is 0 Å². The predicted molar refractivity (Wildman–Crippen MR) is 61.8 cm³/mol. The van der Waals surface area contributed by atoms with Crippen molar-refractivity contribution in [1.29, 1.82) is 5.53 Å². The average molecular weight is 232 g/mol. The normalized spacial score (nSPS) is 11.7. The molecule has 0 atom stereocenters. The number of para-hydroxylation sites is 1. The molecule has 17 heavy (non-hydrogen) atoms. The molecule has 5 nitrogen and oxygen atoms in total. The third kappa shape index (κ3) is 1.80. The molecule has 4 N–H and O–H groups in total. The van der Waals surface area contributed by atoms with E-state index in [1.165, 1.54) is 18.2 Å². The Hall–Kier alpha value is -2.50. The summed E-state index contributed by atoms with van der Waals surface area (Å²) >= 11 is 0. The summed E-state index contributed by atoms with van der Waals surface area (Å²) in [5.74, 6) is -0.507. The highest BCUT2D eigenvalue weighted by atomic mass is 19.1. The fraction of sp³-hybridized carbons (Fsp3) is 0. The lowest BCUT2D eigenvalue weighted by Gasteiger charge is -2.03. The summed E-state index contributed by atoms with van der Waals surface area (Å²) in [4.78, 5) is 14.1. The van der Waals surface area contributed by atoms with Gasteiger partial charge in [0.2, 0.25) is 0 Å². The van der Waals surface area contributed by atoms with Gasteiger partial charge in [-0.25, -0.2) is 9.92 Å². The van der Waals surface area contributed by atoms with Gasteiger partial charge in [-0.2, -0.15) is 5.11 Å². The molecular weight excluding hydrogens is 223 g/mol. The Kier molecular flexibility index (Phi) is 2.70. The summed E-state index contributed by atoms with van der Waals surface area (Å²) in [6, 6.07) is 5.89. The predicted octanol–water partition coefficient (Wildman–Crippen LogP) is 1.96. The van der Waals surface area contributed by atoms with Crippen LogP contribution in [0.5, 0.6) is 0 Å². The smallest absolute Gasteiger partial charge is 0.258 e. The largest absolute Gasteiger partial charge is 0.403 e. The van der Waals surface area contributed by atoms with Crippen molar-refractivity contribution in [3.05, 3.63) is 52.2 Å². The second kappa shape index (κ2) is 4.17. The van der Waals surface area contributed by atoms with Crippen LogP contribution in [0.15, 0.2) is 40.4 Å². The third-order valence-corrected chi connectivity index (χ3v) is 2.38. The number of hydrogen-bond acceptors (Lipinski definition) is 4. The van der Waals surface area contributed by atoms with Gasteiger partial charge in [0.05, 0.1) is 11.1 Å². The standard InChI is InChI=1S/C11H9FN4O/c12-8-3-1-2-6-4-7(9(5-13)16-14)11(17)15-10(6)8/h1-5,14H,13H2,(H,15,17)/b9-5-,16-14?. The minimum absolute atomic E-state index is 0.0393. The zero-order valence-electron chi connectivity index (χ0n) is 8.70. The molecule has 1 aromatic heterocycles. The number of aromatic nitrogens is 1. The monoisotopic (exact) mass is 232 g/mol. The summed E-state index contributed by atoms with van der Waals surface area (Å²) in [5.41, 5.74) is 11.9. The quantitative estimate of drug-likeness (QED) is 0.690. The molecule has 0 aliphatic heterocycles. The fourth-order valence-electron chi connectivity index (χ4n) is 1.57. The number of rotatable bonds is 2. The number of aromatic amines is 1. The summed E-state index contributed by atoms with van der Waals surface area (Å²) < 4.78 is 13.4. The molecule has 2 aromatic rings. The first kappa shape index (κ1) is 11.0. The molecule has 0 aliphatic carbocycles. The van der Waals surface area contributed by atoms with Gasteiger partial charge >= 0.3 is 0 Å². The molecule has 86 valence electrons. The van der Waals surface area contributed by atoms with Crippen molar-refractivity contribution in [2.45, 2.75) is 0 Å². The molecule has 0 aliphatic rings. The van der Waals surface area contributed by atoms with Gasteiger partial charge in [0.25, 0.3) is 5.56 Å². The van der Waals surface area contributed by atoms with Crippen molar-refractivity contribution in [2.24, 2.45) is 10.8 Å². The maximum absolute atomic E-state index is 13.4. The Labute approximate surface area is 95.3 Å². The van der Waals surface area contributed by atoms with Crippen molar-refractivity contribution >= 4 is 16.6 Å². The molecule has 2 rings (SSSR count). The summed E-state index contributed by atoms with van der Waals surface area (Å²) in [6.45, 7) is 0. The van der Waals surface area contributed by atoms with Gasteiger partial charge < -0.3 is 10.7 Å². The lowest BCUT2D eigenvalue weighted by molar-refractivity contribution is 0.636. The van der Waals surface area contributed by atoms with Crippen LogP contribution in [0.3, 0.4) is 0 Å². The van der Waals surface area contributed by atoms with Gasteiger partial charge in [0.1, 0.15) is 11.5 Å². The van der Waals surface area contributed by atoms with E-state index in [1.54, 1.807) is 6.07 Å². The van der Waals surface area contributed by atoms with E-state index in [9.17, 15) is 9.18 Å². The maximum atomic E-state index is 13.4. The first-order chi connectivity index (χ1) is 8.17. The van der Waals surface area contributed by atoms with Crippen molar-refractivity contribution in [3.8, 4) is 0 Å². The molecule has 0 saturated heterocycles. The lowest BCUT2D eigenvalue weighted by atomic mass is 10.1. The summed E-state index contributed by atoms with van der Waals surface area (Å²) in [6.07, 6.45) is 1.06. The van der Waals surface area contributed by atoms with E-state index in [4.69, 9.17) is 11.3 Å². The molecule has 0 spiro atoms. The van der Waals surface area contributed by atoms with Gasteiger partial charge in [-0.05, 0) is 12.1 Å².